The summed E-state index contributed by atoms with van der Waals surface area (Å²) in [5.41, 5.74) is 1.86. The lowest BCUT2D eigenvalue weighted by molar-refractivity contribution is -0.149. The minimum Gasteiger partial charge on any atom is -0.479 e. The zero-order chi connectivity index (χ0) is 15.0. The molecule has 112 valence electrons. The number of nitrogens with one attached hydrogen (secondary N) is 1. The van der Waals surface area contributed by atoms with Gasteiger partial charge in [-0.25, -0.2) is 4.79 Å². The minimum atomic E-state index is -0.923. The van der Waals surface area contributed by atoms with Crippen LogP contribution in [-0.4, -0.2) is 29.8 Å². The summed E-state index contributed by atoms with van der Waals surface area (Å²) < 4.78 is 13.8. The van der Waals surface area contributed by atoms with Crippen molar-refractivity contribution < 1.29 is 14.6 Å². The summed E-state index contributed by atoms with van der Waals surface area (Å²) in [4.78, 5) is 10.9. The van der Waals surface area contributed by atoms with E-state index >= 15 is 0 Å². The molecule has 2 aliphatic heterocycles. The van der Waals surface area contributed by atoms with Crippen molar-refractivity contribution >= 4 is 57.6 Å². The van der Waals surface area contributed by atoms with Crippen LogP contribution >= 0.6 is 23.2 Å². The zero-order valence-corrected chi connectivity index (χ0v) is 13.0. The highest BCUT2D eigenvalue weighted by Crippen LogP contribution is 2.47. The van der Waals surface area contributed by atoms with Gasteiger partial charge in [-0.3, -0.25) is 0 Å². The lowest BCUT2D eigenvalue weighted by Gasteiger charge is -2.16. The summed E-state index contributed by atoms with van der Waals surface area (Å²) in [7, 11) is 0. The molecule has 0 aliphatic carbocycles. The molecule has 3 rings (SSSR count). The van der Waals surface area contributed by atoms with Crippen LogP contribution < -0.4 is 5.32 Å². The minimum absolute atomic E-state index is 0.167. The molecule has 0 spiro atoms. The van der Waals surface area contributed by atoms with Crippen LogP contribution in [-0.2, 0) is 20.9 Å². The number of carboxylic acid groups (broad SMARTS) is 1. The first-order chi connectivity index (χ1) is 10.1. The van der Waals surface area contributed by atoms with Gasteiger partial charge in [0.05, 0.1) is 33.2 Å². The van der Waals surface area contributed by atoms with Crippen LogP contribution in [0, 0.1) is 0 Å². The lowest BCUT2D eigenvalue weighted by atomic mass is 10.2. The molecule has 1 fully saturated rings. The summed E-state index contributed by atoms with van der Waals surface area (Å²) >= 11 is 13.3. The fourth-order valence-corrected chi connectivity index (χ4v) is 3.47. The van der Waals surface area contributed by atoms with E-state index in [9.17, 15) is 4.79 Å². The van der Waals surface area contributed by atoms with Crippen molar-refractivity contribution in [1.29, 1.82) is 0 Å². The van der Waals surface area contributed by atoms with Crippen molar-refractivity contribution in [2.24, 2.45) is 8.73 Å². The van der Waals surface area contributed by atoms with Gasteiger partial charge in [-0.05, 0) is 18.9 Å². The average molecular weight is 348 g/mol. The van der Waals surface area contributed by atoms with Crippen LogP contribution in [0.25, 0.3) is 0 Å². The van der Waals surface area contributed by atoms with Crippen molar-refractivity contribution in [3.63, 3.8) is 0 Å². The van der Waals surface area contributed by atoms with Crippen molar-refractivity contribution in [3.8, 4) is 0 Å². The molecule has 2 unspecified atom stereocenters. The molecule has 1 aromatic carbocycles. The highest BCUT2D eigenvalue weighted by atomic mass is 35.5. The molecule has 2 atom stereocenters. The van der Waals surface area contributed by atoms with Gasteiger partial charge < -0.3 is 15.2 Å². The van der Waals surface area contributed by atoms with E-state index in [1.165, 1.54) is 0 Å². The number of ether oxygens (including phenoxy) is 1. The van der Waals surface area contributed by atoms with E-state index in [1.807, 2.05) is 0 Å². The summed E-state index contributed by atoms with van der Waals surface area (Å²) in [6.45, 7) is 0.456. The molecule has 2 heterocycles. The number of hydrogen-bond acceptors (Lipinski definition) is 5. The van der Waals surface area contributed by atoms with E-state index in [4.69, 9.17) is 33.0 Å². The normalized spacial score (nSPS) is 23.0. The van der Waals surface area contributed by atoms with Crippen molar-refractivity contribution in [2.45, 2.75) is 25.0 Å². The third-order valence-corrected chi connectivity index (χ3v) is 4.45. The van der Waals surface area contributed by atoms with E-state index in [-0.39, 0.29) is 6.10 Å². The van der Waals surface area contributed by atoms with Gasteiger partial charge in [0.25, 0.3) is 0 Å². The number of fused-ring (bicyclic) bond motifs is 1. The van der Waals surface area contributed by atoms with Crippen molar-refractivity contribution in [1.82, 2.24) is 0 Å². The molecule has 1 aromatic rings. The molecule has 21 heavy (non-hydrogen) atoms. The second kappa shape index (κ2) is 5.92. The predicted molar refractivity (Wildman–Crippen MR) is 82.0 cm³/mol. The Labute approximate surface area is 134 Å². The number of benzene rings is 1. The van der Waals surface area contributed by atoms with Gasteiger partial charge in [-0.2, -0.15) is 8.73 Å². The largest absolute Gasteiger partial charge is 0.479 e. The van der Waals surface area contributed by atoms with Crippen LogP contribution in [0.3, 0.4) is 0 Å². The topological polar surface area (TPSA) is 83.3 Å². The zero-order valence-electron chi connectivity index (χ0n) is 10.7. The smallest absolute Gasteiger partial charge is 0.332 e. The summed E-state index contributed by atoms with van der Waals surface area (Å²) in [6.07, 6.45) is 0.315. The molecule has 1 saturated heterocycles. The van der Waals surface area contributed by atoms with E-state index < -0.39 is 12.1 Å². The quantitative estimate of drug-likeness (QED) is 0.881. The Kier molecular flexibility index (Phi) is 4.17. The second-order valence-electron chi connectivity index (χ2n) is 4.72. The van der Waals surface area contributed by atoms with Gasteiger partial charge in [-0.1, -0.05) is 23.2 Å². The van der Waals surface area contributed by atoms with Gasteiger partial charge >= 0.3 is 5.97 Å². The maximum atomic E-state index is 10.9. The van der Waals surface area contributed by atoms with Gasteiger partial charge in [0.1, 0.15) is 11.4 Å². The van der Waals surface area contributed by atoms with Gasteiger partial charge in [0, 0.05) is 6.54 Å². The second-order valence-corrected chi connectivity index (χ2v) is 6.06. The van der Waals surface area contributed by atoms with E-state index in [0.717, 1.165) is 11.4 Å². The van der Waals surface area contributed by atoms with E-state index in [2.05, 4.69) is 14.0 Å². The van der Waals surface area contributed by atoms with Crippen molar-refractivity contribution in [3.05, 3.63) is 16.1 Å². The number of carbonyl (C=O) groups is 1. The maximum absolute atomic E-state index is 10.9. The highest BCUT2D eigenvalue weighted by Gasteiger charge is 2.30. The number of aliphatic carboxylic acids is 1. The summed E-state index contributed by atoms with van der Waals surface area (Å²) in [5.74, 6) is -0.923. The van der Waals surface area contributed by atoms with Crippen LogP contribution in [0.5, 0.6) is 0 Å². The molecule has 6 nitrogen and oxygen atoms in total. The molecule has 9 heteroatoms. The standard InChI is InChI=1S/C12H11Cl2N3O3S/c13-6-3-7(14)10-11(17-21-16-10)9(6)15-4-5-1-2-8(20-5)12(18)19/h3,5,8,15H,1-2,4H2,(H,18,19). The van der Waals surface area contributed by atoms with E-state index in [1.54, 1.807) is 6.07 Å². The fraction of sp³-hybridized carbons (Fsp3) is 0.417. The van der Waals surface area contributed by atoms with Gasteiger partial charge in [0.15, 0.2) is 6.10 Å². The van der Waals surface area contributed by atoms with Crippen LogP contribution in [0.1, 0.15) is 12.8 Å². The Balaban J connectivity index is 1.71. The number of anilines is 1. The average Bonchev–Trinajstić information content (AvgIpc) is 3.06. The molecular weight excluding hydrogens is 337 g/mol. The first-order valence-electron chi connectivity index (χ1n) is 6.28. The first kappa shape index (κ1) is 14.8. The third kappa shape index (κ3) is 2.91. The number of hydrogen-bond donors (Lipinski definition) is 2. The molecule has 0 bridgehead atoms. The maximum Gasteiger partial charge on any atom is 0.332 e. The Bertz CT molecular complexity index is 676. The van der Waals surface area contributed by atoms with Crippen molar-refractivity contribution in [2.75, 3.05) is 11.9 Å². The summed E-state index contributed by atoms with van der Waals surface area (Å²) in [5, 5.41) is 13.0. The third-order valence-electron chi connectivity index (χ3n) is 3.33. The van der Waals surface area contributed by atoms with Crippen LogP contribution in [0.4, 0.5) is 17.1 Å². The Morgan fingerprint density at radius 2 is 2.14 bits per heavy atom. The molecule has 0 amide bonds. The Morgan fingerprint density at radius 3 is 2.86 bits per heavy atom. The highest BCUT2D eigenvalue weighted by molar-refractivity contribution is 7.58. The molecule has 2 N–H and O–H groups in total. The monoisotopic (exact) mass is 347 g/mol. The van der Waals surface area contributed by atoms with Gasteiger partial charge in [0.2, 0.25) is 0 Å². The van der Waals surface area contributed by atoms with E-state index in [0.29, 0.717) is 46.5 Å². The van der Waals surface area contributed by atoms with Crippen LogP contribution in [0.2, 0.25) is 10.0 Å². The first-order valence-corrected chi connectivity index (χ1v) is 7.77. The molecule has 0 aromatic heterocycles. The number of rotatable bonds is 4. The predicted octanol–water partition coefficient (Wildman–Crippen LogP) is 3.76. The molecular formula is C12H11Cl2N3O3S. The Hall–Kier alpha value is -1.15. The number of carboxylic acids is 1. The van der Waals surface area contributed by atoms with Crippen LogP contribution in [0.15, 0.2) is 14.8 Å². The molecule has 0 saturated carbocycles. The number of halogens is 2. The summed E-state index contributed by atoms with van der Waals surface area (Å²) in [6, 6.07) is 1.62. The fourth-order valence-electron chi connectivity index (χ4n) is 2.30. The SMILES string of the molecule is O=C(O)C1CCC(CNc2c(Cl)cc(Cl)c3c2N=S=N3)O1. The molecule has 2 aliphatic rings. The lowest BCUT2D eigenvalue weighted by Crippen LogP contribution is -2.24. The molecule has 0 radical (unpaired) electrons. The van der Waals surface area contributed by atoms with Gasteiger partial charge in [-0.15, -0.1) is 0 Å². The Morgan fingerprint density at radius 1 is 1.38 bits per heavy atom. The number of nitrogens with zero attached hydrogens (tertiary/aromatic N) is 2.